The molecular formula is C35H31F12N2P. The van der Waals surface area contributed by atoms with Crippen LogP contribution in [0.15, 0.2) is 60.7 Å². The second kappa shape index (κ2) is 13.8. The van der Waals surface area contributed by atoms with E-state index in [-0.39, 0.29) is 52.9 Å². The molecule has 0 unspecified atom stereocenters. The van der Waals surface area contributed by atoms with Crippen LogP contribution in [-0.2, 0) is 24.7 Å². The van der Waals surface area contributed by atoms with Crippen LogP contribution in [0.4, 0.5) is 52.7 Å². The van der Waals surface area contributed by atoms with Crippen molar-refractivity contribution in [2.45, 2.75) is 84.0 Å². The maximum Gasteiger partial charge on any atom is 0.433 e. The fourth-order valence-electron chi connectivity index (χ4n) is 5.45. The van der Waals surface area contributed by atoms with Crippen molar-refractivity contribution in [2.24, 2.45) is 0 Å². The lowest BCUT2D eigenvalue weighted by Gasteiger charge is -2.28. The van der Waals surface area contributed by atoms with Crippen molar-refractivity contribution in [3.05, 3.63) is 100 Å². The Morgan fingerprint density at radius 2 is 0.820 bits per heavy atom. The Bertz CT molecular complexity index is 1680. The number of hydrogen-bond acceptors (Lipinski definition) is 2. The quantitative estimate of drug-likeness (QED) is 0.139. The maximum absolute atomic E-state index is 14.0. The smallest absolute Gasteiger partial charge is 0.239 e. The van der Waals surface area contributed by atoms with Crippen LogP contribution in [0.5, 0.6) is 0 Å². The molecule has 0 saturated heterocycles. The lowest BCUT2D eigenvalue weighted by molar-refractivity contribution is -0.151. The lowest BCUT2D eigenvalue weighted by atomic mass is 9.82. The fraction of sp³-hybridized carbons (Fsp3) is 0.371. The number of pyridine rings is 2. The van der Waals surface area contributed by atoms with Crippen LogP contribution in [0, 0.1) is 0 Å². The van der Waals surface area contributed by atoms with Crippen LogP contribution in [0.1, 0.15) is 98.8 Å². The molecule has 50 heavy (non-hydrogen) atoms. The number of benzene rings is 2. The third-order valence-corrected chi connectivity index (χ3v) is 10.3. The zero-order valence-corrected chi connectivity index (χ0v) is 28.3. The highest BCUT2D eigenvalue weighted by atomic mass is 31.1. The van der Waals surface area contributed by atoms with Gasteiger partial charge in [0.2, 0.25) is 0 Å². The van der Waals surface area contributed by atoms with Gasteiger partial charge >= 0.3 is 24.7 Å². The van der Waals surface area contributed by atoms with Gasteiger partial charge in [-0.2, -0.15) is 52.7 Å². The first-order valence-electron chi connectivity index (χ1n) is 15.2. The second-order valence-corrected chi connectivity index (χ2v) is 14.8. The molecule has 2 heterocycles. The Hall–Kier alpha value is -3.67. The summed E-state index contributed by atoms with van der Waals surface area (Å²) in [6.45, 7) is 11.4. The standard InChI is InChI=1S/C35H31F12N2P/c1-17(2)20-11-24(18(3)4)31(25(12-20)19(5)6)23-9-7-8-10-26(23)50(21-13-27(32(36,37)38)48-28(14-21)33(39,40)41)22-15-29(34(42,43)44)49-30(16-22)35(45,46)47/h7-19H,1-6H3. The highest BCUT2D eigenvalue weighted by Gasteiger charge is 2.42. The monoisotopic (exact) mass is 738 g/mol. The van der Waals surface area contributed by atoms with Crippen LogP contribution >= 0.6 is 7.92 Å². The van der Waals surface area contributed by atoms with Crippen molar-refractivity contribution < 1.29 is 52.7 Å². The largest absolute Gasteiger partial charge is 0.433 e. The molecule has 2 aromatic carbocycles. The minimum Gasteiger partial charge on any atom is -0.239 e. The summed E-state index contributed by atoms with van der Waals surface area (Å²) in [6, 6.07) is 10.5. The van der Waals surface area contributed by atoms with Gasteiger partial charge in [0.25, 0.3) is 0 Å². The van der Waals surface area contributed by atoms with E-state index < -0.39 is 66.0 Å². The van der Waals surface area contributed by atoms with Gasteiger partial charge in [0.1, 0.15) is 22.8 Å². The summed E-state index contributed by atoms with van der Waals surface area (Å²) in [7, 11) is -3.01. The molecule has 0 bridgehead atoms. The first-order valence-corrected chi connectivity index (χ1v) is 16.5. The van der Waals surface area contributed by atoms with E-state index in [9.17, 15) is 52.7 Å². The molecule has 4 rings (SSSR count). The van der Waals surface area contributed by atoms with E-state index in [2.05, 4.69) is 9.97 Å². The Labute approximate surface area is 281 Å². The topological polar surface area (TPSA) is 25.8 Å². The SMILES string of the molecule is CC(C)c1cc(C(C)C)c(-c2ccccc2P(c2cc(C(F)(F)F)nc(C(F)(F)F)c2)c2cc(C(F)(F)F)nc(C(F)(F)F)c2)c(C(C)C)c1. The van der Waals surface area contributed by atoms with Crippen molar-refractivity contribution in [1.29, 1.82) is 0 Å². The van der Waals surface area contributed by atoms with E-state index in [1.54, 1.807) is 0 Å². The number of aromatic nitrogens is 2. The van der Waals surface area contributed by atoms with Crippen molar-refractivity contribution in [1.82, 2.24) is 9.97 Å². The van der Waals surface area contributed by atoms with Crippen LogP contribution in [0.2, 0.25) is 0 Å². The Morgan fingerprint density at radius 1 is 0.480 bits per heavy atom. The molecule has 0 spiro atoms. The van der Waals surface area contributed by atoms with E-state index in [1.807, 2.05) is 53.7 Å². The van der Waals surface area contributed by atoms with Crippen LogP contribution in [0.3, 0.4) is 0 Å². The zero-order chi connectivity index (χ0) is 37.7. The average molecular weight is 739 g/mol. The lowest BCUT2D eigenvalue weighted by Crippen LogP contribution is -2.29. The summed E-state index contributed by atoms with van der Waals surface area (Å²) in [5.74, 6) is -0.363. The fourth-order valence-corrected chi connectivity index (χ4v) is 7.97. The molecule has 0 fully saturated rings. The number of nitrogens with zero attached hydrogens (tertiary/aromatic N) is 2. The first-order chi connectivity index (χ1) is 22.8. The number of rotatable bonds is 7. The molecule has 0 atom stereocenters. The molecule has 0 saturated carbocycles. The van der Waals surface area contributed by atoms with Crippen molar-refractivity contribution in [3.8, 4) is 11.1 Å². The van der Waals surface area contributed by atoms with Crippen molar-refractivity contribution in [2.75, 3.05) is 0 Å². The van der Waals surface area contributed by atoms with E-state index >= 15 is 0 Å². The summed E-state index contributed by atoms with van der Waals surface area (Å²) >= 11 is 0. The number of hydrogen-bond donors (Lipinski definition) is 0. The summed E-state index contributed by atoms with van der Waals surface area (Å²) in [4.78, 5) is 5.46. The van der Waals surface area contributed by atoms with E-state index in [4.69, 9.17) is 0 Å². The normalized spacial score (nSPS) is 13.3. The second-order valence-electron chi connectivity index (χ2n) is 12.6. The molecule has 0 N–H and O–H groups in total. The molecule has 4 aromatic rings. The minimum atomic E-state index is -5.45. The van der Waals surface area contributed by atoms with Crippen LogP contribution < -0.4 is 15.9 Å². The summed E-state index contributed by atoms with van der Waals surface area (Å²) < 4.78 is 169. The molecule has 270 valence electrons. The Kier molecular flexibility index (Phi) is 10.8. The molecule has 2 aromatic heterocycles. The van der Waals surface area contributed by atoms with E-state index in [0.717, 1.165) is 16.7 Å². The van der Waals surface area contributed by atoms with Gasteiger partial charge in [-0.25, -0.2) is 9.97 Å². The zero-order valence-electron chi connectivity index (χ0n) is 27.4. The maximum atomic E-state index is 14.0. The molecule has 0 amide bonds. The number of halogens is 12. The first kappa shape index (κ1) is 39.1. The van der Waals surface area contributed by atoms with E-state index in [0.29, 0.717) is 5.56 Å². The van der Waals surface area contributed by atoms with Gasteiger partial charge in [-0.1, -0.05) is 77.9 Å². The summed E-state index contributed by atoms with van der Waals surface area (Å²) in [5.41, 5.74) is -4.90. The Morgan fingerprint density at radius 3 is 1.12 bits per heavy atom. The van der Waals surface area contributed by atoms with Gasteiger partial charge in [-0.15, -0.1) is 0 Å². The molecular weight excluding hydrogens is 707 g/mol. The van der Waals surface area contributed by atoms with Crippen LogP contribution in [0.25, 0.3) is 11.1 Å². The predicted octanol–water partition coefficient (Wildman–Crippen LogP) is 11.3. The summed E-state index contributed by atoms with van der Waals surface area (Å²) in [5, 5.41) is -1.69. The Balaban J connectivity index is 2.26. The highest BCUT2D eigenvalue weighted by Crippen LogP contribution is 2.46. The van der Waals surface area contributed by atoms with Crippen LogP contribution in [-0.4, -0.2) is 9.97 Å². The van der Waals surface area contributed by atoms with Crippen molar-refractivity contribution >= 4 is 23.8 Å². The minimum absolute atomic E-state index is 0.0446. The van der Waals surface area contributed by atoms with Gasteiger partial charge in [0.05, 0.1) is 0 Å². The van der Waals surface area contributed by atoms with Gasteiger partial charge in [-0.05, 0) is 93.7 Å². The summed E-state index contributed by atoms with van der Waals surface area (Å²) in [6.07, 6.45) is -21.8. The van der Waals surface area contributed by atoms with Gasteiger partial charge in [0.15, 0.2) is 0 Å². The van der Waals surface area contributed by atoms with E-state index in [1.165, 1.54) is 24.3 Å². The molecule has 0 aliphatic carbocycles. The molecule has 0 radical (unpaired) electrons. The molecule has 2 nitrogen and oxygen atoms in total. The third-order valence-electron chi connectivity index (χ3n) is 7.85. The highest BCUT2D eigenvalue weighted by molar-refractivity contribution is 7.80. The number of alkyl halides is 12. The molecule has 0 aliphatic heterocycles. The van der Waals surface area contributed by atoms with Gasteiger partial charge in [-0.3, -0.25) is 0 Å². The van der Waals surface area contributed by atoms with Gasteiger partial charge in [0, 0.05) is 0 Å². The van der Waals surface area contributed by atoms with Crippen molar-refractivity contribution in [3.63, 3.8) is 0 Å². The van der Waals surface area contributed by atoms with Gasteiger partial charge < -0.3 is 0 Å². The molecule has 15 heteroatoms. The predicted molar refractivity (Wildman–Crippen MR) is 168 cm³/mol. The molecule has 0 aliphatic rings. The average Bonchev–Trinajstić information content (AvgIpc) is 2.98. The third kappa shape index (κ3) is 8.44.